The fourth-order valence-corrected chi connectivity index (χ4v) is 3.73. The zero-order valence-corrected chi connectivity index (χ0v) is 12.0. The Hall–Kier alpha value is -1.39. The highest BCUT2D eigenvalue weighted by molar-refractivity contribution is 5.79. The third kappa shape index (κ3) is 2.13. The van der Waals surface area contributed by atoms with E-state index in [0.717, 1.165) is 38.9 Å². The van der Waals surface area contributed by atoms with Crippen molar-refractivity contribution < 1.29 is 9.53 Å². The van der Waals surface area contributed by atoms with Gasteiger partial charge in [-0.2, -0.15) is 0 Å². The summed E-state index contributed by atoms with van der Waals surface area (Å²) in [5, 5.41) is 3.41. The summed E-state index contributed by atoms with van der Waals surface area (Å²) < 4.78 is 5.07. The molecule has 1 N–H and O–H groups in total. The molecule has 2 heterocycles. The van der Waals surface area contributed by atoms with E-state index in [0.29, 0.717) is 0 Å². The molecule has 4 nitrogen and oxygen atoms in total. The fraction of sp³-hybridized carbons (Fsp3) is 0.562. The highest BCUT2D eigenvalue weighted by Gasteiger charge is 2.45. The van der Waals surface area contributed by atoms with Gasteiger partial charge in [0.1, 0.15) is 6.61 Å². The van der Waals surface area contributed by atoms with Crippen molar-refractivity contribution in [3.63, 3.8) is 0 Å². The quantitative estimate of drug-likeness (QED) is 0.884. The van der Waals surface area contributed by atoms with Crippen LogP contribution in [0.25, 0.3) is 0 Å². The van der Waals surface area contributed by atoms with E-state index in [9.17, 15) is 4.79 Å². The normalized spacial score (nSPS) is 20.8. The first-order chi connectivity index (χ1) is 9.78. The van der Waals surface area contributed by atoms with Gasteiger partial charge in [-0.05, 0) is 43.5 Å². The minimum absolute atomic E-state index is 0.115. The number of carbonyl (C=O) groups is 1. The molecule has 0 radical (unpaired) electrons. The third-order valence-electron chi connectivity index (χ3n) is 4.64. The van der Waals surface area contributed by atoms with E-state index in [2.05, 4.69) is 34.5 Å². The molecular formula is C16H22N2O2. The molecule has 1 spiro atoms. The molecule has 0 unspecified atom stereocenters. The second kappa shape index (κ2) is 5.54. The summed E-state index contributed by atoms with van der Waals surface area (Å²) in [5.74, 6) is 0.115. The van der Waals surface area contributed by atoms with Crippen molar-refractivity contribution in [2.45, 2.75) is 24.8 Å². The summed E-state index contributed by atoms with van der Waals surface area (Å²) in [4.78, 5) is 14.5. The van der Waals surface area contributed by atoms with Crippen molar-refractivity contribution in [3.05, 3.63) is 35.4 Å². The van der Waals surface area contributed by atoms with Gasteiger partial charge in [-0.25, -0.2) is 0 Å². The Morgan fingerprint density at radius 3 is 2.85 bits per heavy atom. The van der Waals surface area contributed by atoms with Gasteiger partial charge in [-0.1, -0.05) is 24.3 Å². The van der Waals surface area contributed by atoms with E-state index in [4.69, 9.17) is 4.74 Å². The molecule has 1 aromatic carbocycles. The molecule has 1 amide bonds. The minimum Gasteiger partial charge on any atom is -0.375 e. The van der Waals surface area contributed by atoms with Crippen LogP contribution in [0.1, 0.15) is 24.0 Å². The van der Waals surface area contributed by atoms with Crippen LogP contribution < -0.4 is 5.32 Å². The van der Waals surface area contributed by atoms with Gasteiger partial charge in [-0.3, -0.25) is 4.79 Å². The van der Waals surface area contributed by atoms with Gasteiger partial charge in [0.25, 0.3) is 0 Å². The van der Waals surface area contributed by atoms with E-state index in [1.165, 1.54) is 11.1 Å². The number of fused-ring (bicyclic) bond motifs is 2. The van der Waals surface area contributed by atoms with Crippen LogP contribution in [0, 0.1) is 0 Å². The summed E-state index contributed by atoms with van der Waals surface area (Å²) in [5.41, 5.74) is 2.61. The lowest BCUT2D eigenvalue weighted by Crippen LogP contribution is -2.58. The zero-order chi connectivity index (χ0) is 14.0. The lowest BCUT2D eigenvalue weighted by Gasteiger charge is -2.50. The highest BCUT2D eigenvalue weighted by atomic mass is 16.5. The molecule has 1 saturated heterocycles. The number of rotatable bonds is 2. The average molecular weight is 274 g/mol. The number of methoxy groups -OCH3 is 1. The standard InChI is InChI=1S/C16H22N2O2/c1-20-12-15(19)18-11-6-13-4-2-3-5-14(13)16(18)7-9-17-10-8-16/h2-5,17H,6-12H2,1H3. The van der Waals surface area contributed by atoms with E-state index in [1.54, 1.807) is 7.11 Å². The molecule has 2 aliphatic rings. The van der Waals surface area contributed by atoms with Crippen molar-refractivity contribution in [3.8, 4) is 0 Å². The van der Waals surface area contributed by atoms with Crippen LogP contribution >= 0.6 is 0 Å². The Morgan fingerprint density at radius 1 is 1.35 bits per heavy atom. The van der Waals surface area contributed by atoms with Gasteiger partial charge in [0.15, 0.2) is 0 Å². The van der Waals surface area contributed by atoms with Crippen LogP contribution in [0.5, 0.6) is 0 Å². The molecule has 3 rings (SSSR count). The van der Waals surface area contributed by atoms with Crippen LogP contribution in [0.2, 0.25) is 0 Å². The summed E-state index contributed by atoms with van der Waals surface area (Å²) in [6.45, 7) is 2.91. The first-order valence-electron chi connectivity index (χ1n) is 7.36. The molecule has 0 aliphatic carbocycles. The third-order valence-corrected chi connectivity index (χ3v) is 4.64. The molecule has 1 fully saturated rings. The fourth-order valence-electron chi connectivity index (χ4n) is 3.73. The maximum Gasteiger partial charge on any atom is 0.249 e. The van der Waals surface area contributed by atoms with Gasteiger partial charge < -0.3 is 15.0 Å². The molecule has 0 atom stereocenters. The number of ether oxygens (including phenoxy) is 1. The molecule has 0 bridgehead atoms. The molecule has 4 heteroatoms. The monoisotopic (exact) mass is 274 g/mol. The first kappa shape index (κ1) is 13.6. The van der Waals surface area contributed by atoms with Gasteiger partial charge in [0, 0.05) is 13.7 Å². The number of nitrogens with one attached hydrogen (secondary N) is 1. The second-order valence-corrected chi connectivity index (χ2v) is 5.67. The Labute approximate surface area is 120 Å². The van der Waals surface area contributed by atoms with Crippen LogP contribution in [-0.4, -0.2) is 44.2 Å². The molecule has 2 aliphatic heterocycles. The van der Waals surface area contributed by atoms with E-state index >= 15 is 0 Å². The number of amides is 1. The van der Waals surface area contributed by atoms with Gasteiger partial charge >= 0.3 is 0 Å². The Bertz CT molecular complexity index is 495. The second-order valence-electron chi connectivity index (χ2n) is 5.67. The molecular weight excluding hydrogens is 252 g/mol. The smallest absolute Gasteiger partial charge is 0.249 e. The number of hydrogen-bond acceptors (Lipinski definition) is 3. The SMILES string of the molecule is COCC(=O)N1CCc2ccccc2C12CCNCC2. The number of piperidine rings is 1. The van der Waals surface area contributed by atoms with E-state index < -0.39 is 0 Å². The predicted molar refractivity (Wildman–Crippen MR) is 77.5 cm³/mol. The lowest BCUT2D eigenvalue weighted by atomic mass is 9.74. The molecule has 20 heavy (non-hydrogen) atoms. The summed E-state index contributed by atoms with van der Waals surface area (Å²) in [6.07, 6.45) is 2.92. The number of carbonyl (C=O) groups excluding carboxylic acids is 1. The van der Waals surface area contributed by atoms with Crippen molar-refractivity contribution >= 4 is 5.91 Å². The summed E-state index contributed by atoms with van der Waals surface area (Å²) in [6, 6.07) is 8.59. The van der Waals surface area contributed by atoms with Gasteiger partial charge in [-0.15, -0.1) is 0 Å². The van der Waals surface area contributed by atoms with Gasteiger partial charge in [0.2, 0.25) is 5.91 Å². The number of hydrogen-bond donors (Lipinski definition) is 1. The largest absolute Gasteiger partial charge is 0.375 e. The maximum absolute atomic E-state index is 12.5. The number of nitrogens with zero attached hydrogens (tertiary/aromatic N) is 1. The average Bonchev–Trinajstić information content (AvgIpc) is 2.49. The topological polar surface area (TPSA) is 41.6 Å². The van der Waals surface area contributed by atoms with E-state index in [-0.39, 0.29) is 18.1 Å². The van der Waals surface area contributed by atoms with Crippen LogP contribution in [0.4, 0.5) is 0 Å². The minimum atomic E-state index is -0.129. The molecule has 108 valence electrons. The molecule has 0 aromatic heterocycles. The Morgan fingerprint density at radius 2 is 2.10 bits per heavy atom. The molecule has 1 aromatic rings. The Kier molecular flexibility index (Phi) is 3.76. The van der Waals surface area contributed by atoms with Crippen molar-refractivity contribution in [1.29, 1.82) is 0 Å². The van der Waals surface area contributed by atoms with Gasteiger partial charge in [0.05, 0.1) is 5.54 Å². The lowest BCUT2D eigenvalue weighted by molar-refractivity contribution is -0.144. The summed E-state index contributed by atoms with van der Waals surface area (Å²) in [7, 11) is 1.59. The zero-order valence-electron chi connectivity index (χ0n) is 12.0. The summed E-state index contributed by atoms with van der Waals surface area (Å²) >= 11 is 0. The highest BCUT2D eigenvalue weighted by Crippen LogP contribution is 2.42. The van der Waals surface area contributed by atoms with Crippen LogP contribution in [0.15, 0.2) is 24.3 Å². The predicted octanol–water partition coefficient (Wildman–Crippen LogP) is 1.30. The van der Waals surface area contributed by atoms with E-state index in [1.807, 2.05) is 0 Å². The Balaban J connectivity index is 2.02. The maximum atomic E-state index is 12.5. The van der Waals surface area contributed by atoms with Crippen LogP contribution in [-0.2, 0) is 21.5 Å². The van der Waals surface area contributed by atoms with Crippen molar-refractivity contribution in [1.82, 2.24) is 10.2 Å². The molecule has 0 saturated carbocycles. The van der Waals surface area contributed by atoms with Crippen molar-refractivity contribution in [2.24, 2.45) is 0 Å². The van der Waals surface area contributed by atoms with Crippen molar-refractivity contribution in [2.75, 3.05) is 33.4 Å². The first-order valence-corrected chi connectivity index (χ1v) is 7.36. The van der Waals surface area contributed by atoms with Crippen LogP contribution in [0.3, 0.4) is 0 Å². The number of benzene rings is 1.